The number of nitrogens with zero attached hydrogens (tertiary/aromatic N) is 3. The van der Waals surface area contributed by atoms with Gasteiger partial charge in [-0.15, -0.1) is 0 Å². The van der Waals surface area contributed by atoms with Crippen LogP contribution in [0.15, 0.2) is 24.4 Å². The molecule has 7 heteroatoms. The topological polar surface area (TPSA) is 85.8 Å². The number of likely N-dealkylation sites (N-methyl/N-ethyl adjacent to an activating group) is 1. The van der Waals surface area contributed by atoms with Crippen LogP contribution in [0.2, 0.25) is 0 Å². The quantitative estimate of drug-likeness (QED) is 0.627. The van der Waals surface area contributed by atoms with E-state index in [1.54, 1.807) is 0 Å². The van der Waals surface area contributed by atoms with Crippen molar-refractivity contribution in [3.8, 4) is 0 Å². The number of likely N-dealkylation sites (tertiary alicyclic amines) is 1. The number of urea groups is 1. The Kier molecular flexibility index (Phi) is 9.13. The molecule has 1 aliphatic heterocycles. The highest BCUT2D eigenvalue weighted by Gasteiger charge is 2.33. The fourth-order valence-corrected chi connectivity index (χ4v) is 4.95. The maximum atomic E-state index is 12.8. The monoisotopic (exact) mass is 430 g/mol. The standard InChI is InChI=1S/C24H38N4O3/c1-27(15-12-21-7-5-6-13-25-21)14-10-20-18-28(16-11-19(20)17-23(29)30)24(31)26-22-8-3-2-4-9-22/h5-7,13,19-20,22H,2-4,8-12,14-18H2,1H3,(H,26,31)(H,29,30). The fraction of sp³-hybridized carbons (Fsp3) is 0.708. The molecule has 3 rings (SSSR count). The molecule has 1 aliphatic carbocycles. The van der Waals surface area contributed by atoms with Gasteiger partial charge in [0.2, 0.25) is 0 Å². The van der Waals surface area contributed by atoms with Gasteiger partial charge in [0.25, 0.3) is 0 Å². The lowest BCUT2D eigenvalue weighted by Crippen LogP contribution is -2.51. The summed E-state index contributed by atoms with van der Waals surface area (Å²) in [6.07, 6.45) is 10.4. The van der Waals surface area contributed by atoms with Crippen molar-refractivity contribution in [1.29, 1.82) is 0 Å². The van der Waals surface area contributed by atoms with Crippen LogP contribution in [0.3, 0.4) is 0 Å². The summed E-state index contributed by atoms with van der Waals surface area (Å²) >= 11 is 0. The smallest absolute Gasteiger partial charge is 0.317 e. The molecule has 2 aliphatic rings. The first-order chi connectivity index (χ1) is 15.0. The summed E-state index contributed by atoms with van der Waals surface area (Å²) in [7, 11) is 2.10. The zero-order valence-corrected chi connectivity index (χ0v) is 18.8. The van der Waals surface area contributed by atoms with Crippen molar-refractivity contribution in [2.24, 2.45) is 11.8 Å². The molecule has 1 saturated heterocycles. The zero-order chi connectivity index (χ0) is 22.1. The molecule has 1 aromatic heterocycles. The van der Waals surface area contributed by atoms with E-state index in [0.29, 0.717) is 19.1 Å². The van der Waals surface area contributed by atoms with Gasteiger partial charge >= 0.3 is 12.0 Å². The Balaban J connectivity index is 1.49. The summed E-state index contributed by atoms with van der Waals surface area (Å²) in [6, 6.07) is 6.31. The van der Waals surface area contributed by atoms with Crippen molar-refractivity contribution in [3.05, 3.63) is 30.1 Å². The number of carboxylic acids is 1. The molecule has 172 valence electrons. The van der Waals surface area contributed by atoms with Crippen LogP contribution in [0.25, 0.3) is 0 Å². The average molecular weight is 431 g/mol. The summed E-state index contributed by atoms with van der Waals surface area (Å²) in [6.45, 7) is 3.12. The molecule has 2 amide bonds. The van der Waals surface area contributed by atoms with Gasteiger partial charge in [-0.05, 0) is 63.2 Å². The third kappa shape index (κ3) is 7.80. The Hall–Kier alpha value is -2.15. The number of aromatic nitrogens is 1. The number of pyridine rings is 1. The van der Waals surface area contributed by atoms with Gasteiger partial charge < -0.3 is 20.2 Å². The number of hydrogen-bond acceptors (Lipinski definition) is 4. The van der Waals surface area contributed by atoms with Crippen LogP contribution in [-0.4, -0.2) is 71.2 Å². The average Bonchev–Trinajstić information content (AvgIpc) is 2.78. The number of carbonyl (C=O) groups is 2. The first-order valence-corrected chi connectivity index (χ1v) is 11.9. The van der Waals surface area contributed by atoms with Gasteiger partial charge in [-0.1, -0.05) is 25.3 Å². The van der Waals surface area contributed by atoms with Gasteiger partial charge in [-0.25, -0.2) is 4.79 Å². The number of rotatable bonds is 9. The minimum absolute atomic E-state index is 0.0363. The summed E-state index contributed by atoms with van der Waals surface area (Å²) < 4.78 is 0. The van der Waals surface area contributed by atoms with Crippen molar-refractivity contribution in [2.45, 2.75) is 63.8 Å². The Morgan fingerprint density at radius 3 is 2.68 bits per heavy atom. The molecule has 2 unspecified atom stereocenters. The molecule has 2 fully saturated rings. The molecule has 0 aromatic carbocycles. The third-order valence-electron chi connectivity index (χ3n) is 6.91. The van der Waals surface area contributed by atoms with Crippen LogP contribution in [0.4, 0.5) is 4.79 Å². The molecule has 1 saturated carbocycles. The maximum Gasteiger partial charge on any atom is 0.317 e. The lowest BCUT2D eigenvalue weighted by Gasteiger charge is -2.39. The molecule has 2 heterocycles. The minimum Gasteiger partial charge on any atom is -0.481 e. The molecule has 0 spiro atoms. The number of nitrogens with one attached hydrogen (secondary N) is 1. The first kappa shape index (κ1) is 23.5. The van der Waals surface area contributed by atoms with Gasteiger partial charge in [0.1, 0.15) is 0 Å². The third-order valence-corrected chi connectivity index (χ3v) is 6.91. The zero-order valence-electron chi connectivity index (χ0n) is 18.8. The summed E-state index contributed by atoms with van der Waals surface area (Å²) in [4.78, 5) is 32.8. The summed E-state index contributed by atoms with van der Waals surface area (Å²) in [5.41, 5.74) is 1.08. The number of carbonyl (C=O) groups excluding carboxylic acids is 1. The molecular weight excluding hydrogens is 392 g/mol. The van der Waals surface area contributed by atoms with Gasteiger partial charge in [-0.2, -0.15) is 0 Å². The highest BCUT2D eigenvalue weighted by Crippen LogP contribution is 2.30. The predicted octanol–water partition coefficient (Wildman–Crippen LogP) is 3.40. The van der Waals surface area contributed by atoms with E-state index in [1.807, 2.05) is 29.3 Å². The van der Waals surface area contributed by atoms with E-state index in [1.165, 1.54) is 19.3 Å². The van der Waals surface area contributed by atoms with E-state index in [0.717, 1.165) is 50.9 Å². The number of amides is 2. The Labute approximate surface area is 186 Å². The Bertz CT molecular complexity index is 693. The van der Waals surface area contributed by atoms with E-state index in [2.05, 4.69) is 22.2 Å². The fourth-order valence-electron chi connectivity index (χ4n) is 4.95. The highest BCUT2D eigenvalue weighted by atomic mass is 16.4. The van der Waals surface area contributed by atoms with E-state index in [9.17, 15) is 14.7 Å². The van der Waals surface area contributed by atoms with E-state index < -0.39 is 5.97 Å². The van der Waals surface area contributed by atoms with E-state index >= 15 is 0 Å². The van der Waals surface area contributed by atoms with Crippen molar-refractivity contribution >= 4 is 12.0 Å². The van der Waals surface area contributed by atoms with Crippen LogP contribution in [0, 0.1) is 11.8 Å². The van der Waals surface area contributed by atoms with Gasteiger partial charge in [0.15, 0.2) is 0 Å². The van der Waals surface area contributed by atoms with E-state index in [4.69, 9.17) is 0 Å². The molecule has 0 bridgehead atoms. The Morgan fingerprint density at radius 1 is 1.16 bits per heavy atom. The van der Waals surface area contributed by atoms with Crippen molar-refractivity contribution < 1.29 is 14.7 Å². The number of aliphatic carboxylic acids is 1. The first-order valence-electron chi connectivity index (χ1n) is 11.9. The summed E-state index contributed by atoms with van der Waals surface area (Å²) in [5, 5.41) is 12.6. The highest BCUT2D eigenvalue weighted by molar-refractivity contribution is 5.74. The van der Waals surface area contributed by atoms with Gasteiger partial charge in [0.05, 0.1) is 0 Å². The molecule has 31 heavy (non-hydrogen) atoms. The van der Waals surface area contributed by atoms with Gasteiger partial charge in [0, 0.05) is 50.4 Å². The van der Waals surface area contributed by atoms with Crippen molar-refractivity contribution in [1.82, 2.24) is 20.1 Å². The lowest BCUT2D eigenvalue weighted by atomic mass is 9.81. The normalized spacial score (nSPS) is 22.5. The van der Waals surface area contributed by atoms with Crippen LogP contribution in [-0.2, 0) is 11.2 Å². The second kappa shape index (κ2) is 12.0. The van der Waals surface area contributed by atoms with E-state index in [-0.39, 0.29) is 24.3 Å². The lowest BCUT2D eigenvalue weighted by molar-refractivity contribution is -0.139. The number of carboxylic acid groups (broad SMARTS) is 1. The maximum absolute atomic E-state index is 12.8. The second-order valence-electron chi connectivity index (χ2n) is 9.30. The molecule has 0 radical (unpaired) electrons. The molecule has 2 N–H and O–H groups in total. The second-order valence-corrected chi connectivity index (χ2v) is 9.30. The minimum atomic E-state index is -0.737. The Morgan fingerprint density at radius 2 is 1.97 bits per heavy atom. The molecule has 1 aromatic rings. The molecule has 7 nitrogen and oxygen atoms in total. The SMILES string of the molecule is CN(CCc1ccccn1)CCC1CN(C(=O)NC2CCCCC2)CCC1CC(=O)O. The van der Waals surface area contributed by atoms with Crippen LogP contribution in [0.5, 0.6) is 0 Å². The van der Waals surface area contributed by atoms with Crippen molar-refractivity contribution in [3.63, 3.8) is 0 Å². The number of hydrogen-bond donors (Lipinski definition) is 2. The molecular formula is C24H38N4O3. The summed E-state index contributed by atoms with van der Waals surface area (Å²) in [5.74, 6) is -0.377. The largest absolute Gasteiger partial charge is 0.481 e. The van der Waals surface area contributed by atoms with Crippen LogP contribution >= 0.6 is 0 Å². The van der Waals surface area contributed by atoms with Gasteiger partial charge in [-0.3, -0.25) is 9.78 Å². The van der Waals surface area contributed by atoms with Crippen LogP contribution < -0.4 is 5.32 Å². The van der Waals surface area contributed by atoms with Crippen molar-refractivity contribution in [2.75, 3.05) is 33.2 Å². The number of piperidine rings is 1. The van der Waals surface area contributed by atoms with Crippen LogP contribution in [0.1, 0.15) is 57.1 Å². The predicted molar refractivity (Wildman–Crippen MR) is 121 cm³/mol. The molecule has 2 atom stereocenters.